The van der Waals surface area contributed by atoms with Gasteiger partial charge in [-0.1, -0.05) is 6.07 Å². The standard InChI is InChI=1S/C15H13N3O/c1-11-3-2-4-13(17-11)9-14(19)12-5-6-15-16-7-8-18(15)10-12/h2-8,10H,9H2,1H3. The van der Waals surface area contributed by atoms with Gasteiger partial charge in [-0.25, -0.2) is 4.98 Å². The van der Waals surface area contributed by atoms with Gasteiger partial charge in [0.1, 0.15) is 5.65 Å². The van der Waals surface area contributed by atoms with E-state index in [0.717, 1.165) is 17.0 Å². The fourth-order valence-electron chi connectivity index (χ4n) is 2.05. The average molecular weight is 251 g/mol. The summed E-state index contributed by atoms with van der Waals surface area (Å²) in [6.07, 6.45) is 5.67. The normalized spacial score (nSPS) is 10.8. The van der Waals surface area contributed by atoms with Crippen LogP contribution in [0.15, 0.2) is 48.9 Å². The molecule has 0 aromatic carbocycles. The third kappa shape index (κ3) is 2.38. The Labute approximate surface area is 110 Å². The molecule has 0 aliphatic heterocycles. The molecule has 0 saturated carbocycles. The molecule has 4 nitrogen and oxygen atoms in total. The van der Waals surface area contributed by atoms with Gasteiger partial charge in [0.25, 0.3) is 0 Å². The van der Waals surface area contributed by atoms with Crippen LogP contribution in [0, 0.1) is 6.92 Å². The molecule has 0 unspecified atom stereocenters. The van der Waals surface area contributed by atoms with Gasteiger partial charge in [-0.3, -0.25) is 9.78 Å². The summed E-state index contributed by atoms with van der Waals surface area (Å²) in [5.41, 5.74) is 3.24. The smallest absolute Gasteiger partial charge is 0.170 e. The van der Waals surface area contributed by atoms with E-state index < -0.39 is 0 Å². The third-order valence-electron chi connectivity index (χ3n) is 3.00. The van der Waals surface area contributed by atoms with Crippen molar-refractivity contribution in [1.29, 1.82) is 0 Å². The summed E-state index contributed by atoms with van der Waals surface area (Å²) in [7, 11) is 0. The Morgan fingerprint density at radius 3 is 3.00 bits per heavy atom. The van der Waals surface area contributed by atoms with Gasteiger partial charge in [0, 0.05) is 35.5 Å². The third-order valence-corrected chi connectivity index (χ3v) is 3.00. The minimum atomic E-state index is 0.0636. The van der Waals surface area contributed by atoms with Gasteiger partial charge in [-0.15, -0.1) is 0 Å². The van der Waals surface area contributed by atoms with E-state index in [9.17, 15) is 4.79 Å². The predicted octanol–water partition coefficient (Wildman–Crippen LogP) is 2.46. The predicted molar refractivity (Wildman–Crippen MR) is 72.2 cm³/mol. The van der Waals surface area contributed by atoms with E-state index in [1.165, 1.54) is 0 Å². The van der Waals surface area contributed by atoms with Crippen molar-refractivity contribution in [2.75, 3.05) is 0 Å². The molecular weight excluding hydrogens is 238 g/mol. The molecule has 3 heterocycles. The number of aromatic nitrogens is 3. The molecule has 19 heavy (non-hydrogen) atoms. The van der Waals surface area contributed by atoms with Gasteiger partial charge in [0.05, 0.1) is 6.42 Å². The molecule has 0 saturated heterocycles. The first kappa shape index (κ1) is 11.6. The Kier molecular flexibility index (Phi) is 2.83. The van der Waals surface area contributed by atoms with E-state index in [2.05, 4.69) is 9.97 Å². The molecule has 0 amide bonds. The number of imidazole rings is 1. The van der Waals surface area contributed by atoms with Crippen LogP contribution < -0.4 is 0 Å². The van der Waals surface area contributed by atoms with Crippen molar-refractivity contribution >= 4 is 11.4 Å². The van der Waals surface area contributed by atoms with Gasteiger partial charge in [0.15, 0.2) is 5.78 Å². The molecule has 3 aromatic rings. The van der Waals surface area contributed by atoms with Gasteiger partial charge in [-0.05, 0) is 31.2 Å². The van der Waals surface area contributed by atoms with Crippen molar-refractivity contribution in [2.45, 2.75) is 13.3 Å². The summed E-state index contributed by atoms with van der Waals surface area (Å²) in [5.74, 6) is 0.0636. The lowest BCUT2D eigenvalue weighted by Crippen LogP contribution is -2.06. The van der Waals surface area contributed by atoms with E-state index in [-0.39, 0.29) is 5.78 Å². The van der Waals surface area contributed by atoms with E-state index in [1.54, 1.807) is 18.5 Å². The zero-order chi connectivity index (χ0) is 13.2. The number of aryl methyl sites for hydroxylation is 1. The van der Waals surface area contributed by atoms with Crippen LogP contribution in [0.1, 0.15) is 21.7 Å². The first-order chi connectivity index (χ1) is 9.22. The Balaban J connectivity index is 1.87. The highest BCUT2D eigenvalue weighted by molar-refractivity contribution is 5.97. The summed E-state index contributed by atoms with van der Waals surface area (Å²) in [4.78, 5) is 20.7. The molecular formula is C15H13N3O. The van der Waals surface area contributed by atoms with Gasteiger partial charge in [-0.2, -0.15) is 0 Å². The molecule has 94 valence electrons. The largest absolute Gasteiger partial charge is 0.306 e. The monoisotopic (exact) mass is 251 g/mol. The maximum Gasteiger partial charge on any atom is 0.170 e. The molecule has 0 spiro atoms. The van der Waals surface area contributed by atoms with E-state index in [1.807, 2.05) is 41.8 Å². The second-order valence-corrected chi connectivity index (χ2v) is 4.48. The fourth-order valence-corrected chi connectivity index (χ4v) is 2.05. The summed E-state index contributed by atoms with van der Waals surface area (Å²) in [6.45, 7) is 1.92. The molecule has 0 aliphatic rings. The van der Waals surface area contributed by atoms with Crippen LogP contribution in [-0.4, -0.2) is 20.2 Å². The molecule has 0 bridgehead atoms. The quantitative estimate of drug-likeness (QED) is 0.672. The molecule has 0 aliphatic carbocycles. The molecule has 0 N–H and O–H groups in total. The number of Topliss-reactive ketones (excluding diaryl/α,β-unsaturated/α-hetero) is 1. The number of ketones is 1. The first-order valence-corrected chi connectivity index (χ1v) is 6.11. The molecule has 3 aromatic heterocycles. The molecule has 0 fully saturated rings. The fraction of sp³-hybridized carbons (Fsp3) is 0.133. The van der Waals surface area contributed by atoms with E-state index in [4.69, 9.17) is 0 Å². The molecule has 0 atom stereocenters. The number of hydrogen-bond donors (Lipinski definition) is 0. The van der Waals surface area contributed by atoms with Crippen LogP contribution >= 0.6 is 0 Å². The Bertz CT molecular complexity index is 746. The molecule has 4 heteroatoms. The Morgan fingerprint density at radius 1 is 1.26 bits per heavy atom. The highest BCUT2D eigenvalue weighted by atomic mass is 16.1. The number of nitrogens with zero attached hydrogens (tertiary/aromatic N) is 3. The number of hydrogen-bond acceptors (Lipinski definition) is 3. The van der Waals surface area contributed by atoms with Crippen LogP contribution in [0.25, 0.3) is 5.65 Å². The topological polar surface area (TPSA) is 47.3 Å². The number of carbonyl (C=O) groups is 1. The van der Waals surface area contributed by atoms with Crippen molar-refractivity contribution in [3.05, 3.63) is 65.9 Å². The lowest BCUT2D eigenvalue weighted by molar-refractivity contribution is 0.0991. The Hall–Kier alpha value is -2.49. The second-order valence-electron chi connectivity index (χ2n) is 4.48. The van der Waals surface area contributed by atoms with Crippen LogP contribution in [0.2, 0.25) is 0 Å². The van der Waals surface area contributed by atoms with Crippen molar-refractivity contribution in [1.82, 2.24) is 14.4 Å². The molecule has 0 radical (unpaired) electrons. The highest BCUT2D eigenvalue weighted by Crippen LogP contribution is 2.09. The SMILES string of the molecule is Cc1cccc(CC(=O)c2ccc3nccn3c2)n1. The second kappa shape index (κ2) is 4.65. The van der Waals surface area contributed by atoms with Crippen molar-refractivity contribution in [2.24, 2.45) is 0 Å². The first-order valence-electron chi connectivity index (χ1n) is 6.11. The summed E-state index contributed by atoms with van der Waals surface area (Å²) >= 11 is 0. The maximum absolute atomic E-state index is 12.2. The lowest BCUT2D eigenvalue weighted by Gasteiger charge is -2.03. The van der Waals surface area contributed by atoms with Crippen LogP contribution in [0.4, 0.5) is 0 Å². The van der Waals surface area contributed by atoms with Crippen LogP contribution in [-0.2, 0) is 6.42 Å². The average Bonchev–Trinajstić information content (AvgIpc) is 2.85. The van der Waals surface area contributed by atoms with Crippen molar-refractivity contribution < 1.29 is 4.79 Å². The van der Waals surface area contributed by atoms with Gasteiger partial charge >= 0.3 is 0 Å². The number of pyridine rings is 2. The zero-order valence-corrected chi connectivity index (χ0v) is 10.6. The van der Waals surface area contributed by atoms with Gasteiger partial charge in [0.2, 0.25) is 0 Å². The number of carbonyl (C=O) groups excluding carboxylic acids is 1. The minimum absolute atomic E-state index is 0.0636. The van der Waals surface area contributed by atoms with Gasteiger partial charge < -0.3 is 4.40 Å². The Morgan fingerprint density at radius 2 is 2.16 bits per heavy atom. The van der Waals surface area contributed by atoms with Crippen molar-refractivity contribution in [3.63, 3.8) is 0 Å². The summed E-state index contributed by atoms with van der Waals surface area (Å²) in [6, 6.07) is 9.37. The minimum Gasteiger partial charge on any atom is -0.306 e. The summed E-state index contributed by atoms with van der Waals surface area (Å²) < 4.78 is 1.84. The maximum atomic E-state index is 12.2. The number of fused-ring (bicyclic) bond motifs is 1. The highest BCUT2D eigenvalue weighted by Gasteiger charge is 2.09. The van der Waals surface area contributed by atoms with Crippen LogP contribution in [0.5, 0.6) is 0 Å². The lowest BCUT2D eigenvalue weighted by atomic mass is 10.1. The van der Waals surface area contributed by atoms with E-state index in [0.29, 0.717) is 12.0 Å². The number of rotatable bonds is 3. The molecule has 3 rings (SSSR count). The van der Waals surface area contributed by atoms with E-state index >= 15 is 0 Å². The summed E-state index contributed by atoms with van der Waals surface area (Å²) in [5, 5.41) is 0. The van der Waals surface area contributed by atoms with Crippen molar-refractivity contribution in [3.8, 4) is 0 Å². The zero-order valence-electron chi connectivity index (χ0n) is 10.6. The van der Waals surface area contributed by atoms with Crippen LogP contribution in [0.3, 0.4) is 0 Å².